The molecule has 0 bridgehead atoms. The molecule has 0 aliphatic rings. The maximum Gasteiger partial charge on any atom is 0.270 e. The zero-order chi connectivity index (χ0) is 15.8. The Bertz CT molecular complexity index is 602. The standard InChI is InChI=1S/C17H19N3O2/c1-2-14(19-12-21)16(13-8-4-3-5-9-13)20-17(22)15-10-6-7-11-18-15/h3-12,14,16H,2H2,1H3,(H,19,21)(H,20,22). The summed E-state index contributed by atoms with van der Waals surface area (Å²) in [7, 11) is 0. The Kier molecular flexibility index (Phi) is 5.65. The van der Waals surface area contributed by atoms with Crippen molar-refractivity contribution in [3.8, 4) is 0 Å². The van der Waals surface area contributed by atoms with Crippen molar-refractivity contribution in [1.29, 1.82) is 0 Å². The lowest BCUT2D eigenvalue weighted by Crippen LogP contribution is -2.43. The second-order valence-corrected chi connectivity index (χ2v) is 4.88. The Morgan fingerprint density at radius 3 is 2.50 bits per heavy atom. The van der Waals surface area contributed by atoms with E-state index in [1.54, 1.807) is 24.4 Å². The molecule has 0 aliphatic carbocycles. The fourth-order valence-electron chi connectivity index (χ4n) is 2.33. The maximum atomic E-state index is 12.4. The van der Waals surface area contributed by atoms with Crippen molar-refractivity contribution in [2.75, 3.05) is 0 Å². The number of hydrogen-bond donors (Lipinski definition) is 2. The molecule has 0 saturated carbocycles. The van der Waals surface area contributed by atoms with E-state index < -0.39 is 0 Å². The molecule has 5 nitrogen and oxygen atoms in total. The number of pyridine rings is 1. The van der Waals surface area contributed by atoms with E-state index in [1.807, 2.05) is 37.3 Å². The molecule has 0 spiro atoms. The Morgan fingerprint density at radius 2 is 1.91 bits per heavy atom. The van der Waals surface area contributed by atoms with Crippen LogP contribution in [0.25, 0.3) is 0 Å². The zero-order valence-electron chi connectivity index (χ0n) is 12.4. The Morgan fingerprint density at radius 1 is 1.18 bits per heavy atom. The zero-order valence-corrected chi connectivity index (χ0v) is 12.4. The van der Waals surface area contributed by atoms with Crippen molar-refractivity contribution in [2.45, 2.75) is 25.4 Å². The topological polar surface area (TPSA) is 71.1 Å². The molecule has 0 aliphatic heterocycles. The molecule has 114 valence electrons. The third-order valence-corrected chi connectivity index (χ3v) is 3.47. The lowest BCUT2D eigenvalue weighted by molar-refractivity contribution is -0.110. The van der Waals surface area contributed by atoms with Gasteiger partial charge in [-0.1, -0.05) is 43.3 Å². The van der Waals surface area contributed by atoms with Gasteiger partial charge in [-0.05, 0) is 24.1 Å². The first-order valence-electron chi connectivity index (χ1n) is 7.22. The van der Waals surface area contributed by atoms with Gasteiger partial charge in [0.05, 0.1) is 12.1 Å². The van der Waals surface area contributed by atoms with Gasteiger partial charge in [-0.25, -0.2) is 0 Å². The summed E-state index contributed by atoms with van der Waals surface area (Å²) < 4.78 is 0. The summed E-state index contributed by atoms with van der Waals surface area (Å²) in [5, 5.41) is 5.73. The van der Waals surface area contributed by atoms with Crippen LogP contribution in [0.3, 0.4) is 0 Å². The van der Waals surface area contributed by atoms with Gasteiger partial charge in [0.2, 0.25) is 6.41 Å². The van der Waals surface area contributed by atoms with E-state index in [1.165, 1.54) is 0 Å². The van der Waals surface area contributed by atoms with Crippen molar-refractivity contribution >= 4 is 12.3 Å². The quantitative estimate of drug-likeness (QED) is 0.769. The molecule has 0 radical (unpaired) electrons. The fourth-order valence-corrected chi connectivity index (χ4v) is 2.33. The molecule has 0 fully saturated rings. The number of aromatic nitrogens is 1. The molecular formula is C17H19N3O2. The molecule has 1 aromatic heterocycles. The number of hydrogen-bond acceptors (Lipinski definition) is 3. The van der Waals surface area contributed by atoms with Crippen molar-refractivity contribution in [3.05, 3.63) is 66.0 Å². The van der Waals surface area contributed by atoms with Crippen molar-refractivity contribution < 1.29 is 9.59 Å². The average Bonchev–Trinajstić information content (AvgIpc) is 2.59. The number of carbonyl (C=O) groups excluding carboxylic acids is 2. The number of nitrogens with one attached hydrogen (secondary N) is 2. The minimum absolute atomic E-state index is 0.187. The van der Waals surface area contributed by atoms with Crippen molar-refractivity contribution in [3.63, 3.8) is 0 Å². The average molecular weight is 297 g/mol. The summed E-state index contributed by atoms with van der Waals surface area (Å²) in [5.74, 6) is -0.263. The monoisotopic (exact) mass is 297 g/mol. The van der Waals surface area contributed by atoms with E-state index >= 15 is 0 Å². The highest BCUT2D eigenvalue weighted by Crippen LogP contribution is 2.19. The molecule has 2 rings (SSSR count). The normalized spacial score (nSPS) is 13.0. The lowest BCUT2D eigenvalue weighted by Gasteiger charge is -2.27. The van der Waals surface area contributed by atoms with Crippen LogP contribution in [-0.2, 0) is 4.79 Å². The highest BCUT2D eigenvalue weighted by molar-refractivity contribution is 5.92. The van der Waals surface area contributed by atoms with Crippen molar-refractivity contribution in [2.24, 2.45) is 0 Å². The molecule has 2 aromatic rings. The van der Waals surface area contributed by atoms with Gasteiger partial charge in [-0.15, -0.1) is 0 Å². The summed E-state index contributed by atoms with van der Waals surface area (Å²) in [6.45, 7) is 1.96. The Hall–Kier alpha value is -2.69. The van der Waals surface area contributed by atoms with Gasteiger partial charge in [0, 0.05) is 6.20 Å². The highest BCUT2D eigenvalue weighted by atomic mass is 16.2. The van der Waals surface area contributed by atoms with Crippen LogP contribution in [0.1, 0.15) is 35.4 Å². The summed E-state index contributed by atoms with van der Waals surface area (Å²) >= 11 is 0. The maximum absolute atomic E-state index is 12.4. The first-order valence-corrected chi connectivity index (χ1v) is 7.22. The van der Waals surface area contributed by atoms with Crippen LogP contribution in [0.5, 0.6) is 0 Å². The predicted octanol–water partition coefficient (Wildman–Crippen LogP) is 2.08. The van der Waals surface area contributed by atoms with Crippen LogP contribution < -0.4 is 10.6 Å². The third-order valence-electron chi connectivity index (χ3n) is 3.47. The van der Waals surface area contributed by atoms with E-state index in [4.69, 9.17) is 0 Å². The van der Waals surface area contributed by atoms with E-state index in [0.29, 0.717) is 18.5 Å². The van der Waals surface area contributed by atoms with Crippen LogP contribution >= 0.6 is 0 Å². The molecule has 0 saturated heterocycles. The molecule has 22 heavy (non-hydrogen) atoms. The van der Waals surface area contributed by atoms with Crippen LogP contribution in [0.15, 0.2) is 54.7 Å². The molecule has 2 N–H and O–H groups in total. The summed E-state index contributed by atoms with van der Waals surface area (Å²) in [4.78, 5) is 27.2. The van der Waals surface area contributed by atoms with Crippen molar-refractivity contribution in [1.82, 2.24) is 15.6 Å². The van der Waals surface area contributed by atoms with Crippen LogP contribution in [0, 0.1) is 0 Å². The number of amides is 2. The van der Waals surface area contributed by atoms with Gasteiger partial charge < -0.3 is 10.6 Å². The molecule has 1 aromatic carbocycles. The first-order chi connectivity index (χ1) is 10.8. The first kappa shape index (κ1) is 15.7. The fraction of sp³-hybridized carbons (Fsp3) is 0.235. The second-order valence-electron chi connectivity index (χ2n) is 4.88. The minimum Gasteiger partial charge on any atom is -0.354 e. The van der Waals surface area contributed by atoms with Gasteiger partial charge in [0.25, 0.3) is 5.91 Å². The van der Waals surface area contributed by atoms with Gasteiger partial charge in [-0.3, -0.25) is 14.6 Å². The SMILES string of the molecule is CCC(NC=O)C(NC(=O)c1ccccn1)c1ccccc1. The second kappa shape index (κ2) is 7.93. The van der Waals surface area contributed by atoms with Gasteiger partial charge in [0.15, 0.2) is 0 Å². The predicted molar refractivity (Wildman–Crippen MR) is 84.2 cm³/mol. The van der Waals surface area contributed by atoms with E-state index in [-0.39, 0.29) is 18.0 Å². The number of nitrogens with zero attached hydrogens (tertiary/aromatic N) is 1. The number of rotatable bonds is 7. The Balaban J connectivity index is 2.24. The van der Waals surface area contributed by atoms with E-state index in [0.717, 1.165) is 5.56 Å². The molecule has 1 heterocycles. The molecule has 2 amide bonds. The summed E-state index contributed by atoms with van der Waals surface area (Å²) in [6.07, 6.45) is 2.94. The molecule has 5 heteroatoms. The third kappa shape index (κ3) is 3.91. The van der Waals surface area contributed by atoms with Gasteiger partial charge >= 0.3 is 0 Å². The summed E-state index contributed by atoms with van der Waals surface area (Å²) in [5.41, 5.74) is 1.29. The van der Waals surface area contributed by atoms with Gasteiger partial charge in [0.1, 0.15) is 5.69 Å². The minimum atomic E-state index is -0.314. The lowest BCUT2D eigenvalue weighted by atomic mass is 9.97. The number of benzene rings is 1. The number of carbonyl (C=O) groups is 2. The molecule has 2 unspecified atom stereocenters. The molecule has 2 atom stereocenters. The highest BCUT2D eigenvalue weighted by Gasteiger charge is 2.24. The Labute approximate surface area is 129 Å². The van der Waals surface area contributed by atoms with Crippen LogP contribution in [0.4, 0.5) is 0 Å². The van der Waals surface area contributed by atoms with E-state index in [9.17, 15) is 9.59 Å². The summed E-state index contributed by atoms with van der Waals surface area (Å²) in [6, 6.07) is 14.3. The van der Waals surface area contributed by atoms with E-state index in [2.05, 4.69) is 15.6 Å². The van der Waals surface area contributed by atoms with Crippen LogP contribution in [-0.4, -0.2) is 23.3 Å². The smallest absolute Gasteiger partial charge is 0.270 e. The molecular weight excluding hydrogens is 278 g/mol. The van der Waals surface area contributed by atoms with Crippen LogP contribution in [0.2, 0.25) is 0 Å². The largest absolute Gasteiger partial charge is 0.354 e. The van der Waals surface area contributed by atoms with Gasteiger partial charge in [-0.2, -0.15) is 0 Å².